The molecule has 0 aliphatic carbocycles. The molecule has 1 atom stereocenters. The second kappa shape index (κ2) is 8.18. The average Bonchev–Trinajstić information content (AvgIpc) is 2.50. The molecule has 1 rings (SSSR count). The lowest BCUT2D eigenvalue weighted by atomic mass is 10.1. The van der Waals surface area contributed by atoms with E-state index >= 15 is 0 Å². The van der Waals surface area contributed by atoms with E-state index in [1.165, 1.54) is 18.9 Å². The van der Waals surface area contributed by atoms with Crippen molar-refractivity contribution in [3.8, 4) is 17.2 Å². The number of ether oxygens (including phenoxy) is 1. The van der Waals surface area contributed by atoms with Gasteiger partial charge >= 0.3 is 5.97 Å². The molecular formula is C14H17NO6S. The Morgan fingerprint density at radius 3 is 2.45 bits per heavy atom. The maximum absolute atomic E-state index is 12.1. The number of phenolic OH excluding ortho intramolecular Hbond substituents is 3. The van der Waals surface area contributed by atoms with Gasteiger partial charge in [0.2, 0.25) is 0 Å². The Hall–Kier alpha value is -2.35. The van der Waals surface area contributed by atoms with E-state index < -0.39 is 35.2 Å². The monoisotopic (exact) mass is 327 g/mol. The van der Waals surface area contributed by atoms with Gasteiger partial charge in [0.1, 0.15) is 6.04 Å². The van der Waals surface area contributed by atoms with Crippen molar-refractivity contribution < 1.29 is 29.6 Å². The molecule has 120 valence electrons. The van der Waals surface area contributed by atoms with Crippen LogP contribution in [0.5, 0.6) is 17.2 Å². The highest BCUT2D eigenvalue weighted by molar-refractivity contribution is 7.99. The van der Waals surface area contributed by atoms with E-state index in [0.29, 0.717) is 5.75 Å². The summed E-state index contributed by atoms with van der Waals surface area (Å²) in [5.74, 6) is -2.42. The van der Waals surface area contributed by atoms with Crippen LogP contribution in [0, 0.1) is 0 Å². The Morgan fingerprint density at radius 2 is 1.95 bits per heavy atom. The molecule has 0 fully saturated rings. The molecule has 22 heavy (non-hydrogen) atoms. The predicted octanol–water partition coefficient (Wildman–Crippen LogP) is 0.994. The number of carbonyl (C=O) groups excluding carboxylic acids is 2. The lowest BCUT2D eigenvalue weighted by Gasteiger charge is -2.16. The Balaban J connectivity index is 2.86. The molecule has 0 saturated heterocycles. The number of amides is 1. The van der Waals surface area contributed by atoms with Crippen molar-refractivity contribution in [2.75, 3.05) is 18.6 Å². The summed E-state index contributed by atoms with van der Waals surface area (Å²) in [6.07, 6.45) is 1.66. The fraction of sp³-hybridized carbons (Fsp3) is 0.286. The molecule has 1 aromatic carbocycles. The van der Waals surface area contributed by atoms with Gasteiger partial charge in [0.25, 0.3) is 5.91 Å². The van der Waals surface area contributed by atoms with Crippen LogP contribution >= 0.6 is 11.8 Å². The third-order valence-electron chi connectivity index (χ3n) is 2.64. The number of nitrogens with one attached hydrogen (secondary N) is 1. The van der Waals surface area contributed by atoms with Gasteiger partial charge in [0.05, 0.1) is 7.11 Å². The van der Waals surface area contributed by atoms with E-state index in [0.717, 1.165) is 12.1 Å². The quantitative estimate of drug-likeness (QED) is 0.255. The lowest BCUT2D eigenvalue weighted by molar-refractivity contribution is -0.142. The number of benzene rings is 1. The van der Waals surface area contributed by atoms with Crippen molar-refractivity contribution in [1.29, 1.82) is 0 Å². The fourth-order valence-electron chi connectivity index (χ4n) is 1.56. The molecule has 1 unspecified atom stereocenters. The van der Waals surface area contributed by atoms with Crippen LogP contribution in [0.2, 0.25) is 0 Å². The van der Waals surface area contributed by atoms with E-state index in [-0.39, 0.29) is 11.3 Å². The molecule has 0 bridgehead atoms. The second-order valence-electron chi connectivity index (χ2n) is 4.24. The van der Waals surface area contributed by atoms with Gasteiger partial charge in [-0.15, -0.1) is 6.58 Å². The Kier molecular flexibility index (Phi) is 6.58. The summed E-state index contributed by atoms with van der Waals surface area (Å²) in [5, 5.41) is 30.5. The zero-order valence-electron chi connectivity index (χ0n) is 11.9. The minimum atomic E-state index is -0.888. The number of methoxy groups -OCH3 is 1. The first-order chi connectivity index (χ1) is 10.4. The molecule has 8 heteroatoms. The van der Waals surface area contributed by atoms with E-state index in [2.05, 4.69) is 16.6 Å². The zero-order chi connectivity index (χ0) is 16.7. The van der Waals surface area contributed by atoms with Gasteiger partial charge < -0.3 is 25.4 Å². The number of hydrogen-bond acceptors (Lipinski definition) is 7. The summed E-state index contributed by atoms with van der Waals surface area (Å²) in [7, 11) is 1.21. The molecule has 0 heterocycles. The molecular weight excluding hydrogens is 310 g/mol. The largest absolute Gasteiger partial charge is 0.504 e. The first-order valence-electron chi connectivity index (χ1n) is 6.23. The molecule has 0 aromatic heterocycles. The molecule has 0 saturated carbocycles. The van der Waals surface area contributed by atoms with Crippen molar-refractivity contribution in [3.63, 3.8) is 0 Å². The van der Waals surface area contributed by atoms with E-state index in [9.17, 15) is 24.9 Å². The topological polar surface area (TPSA) is 116 Å². The number of phenols is 3. The maximum atomic E-state index is 12.1. The molecule has 7 nitrogen and oxygen atoms in total. The van der Waals surface area contributed by atoms with Crippen LogP contribution in [0.25, 0.3) is 0 Å². The van der Waals surface area contributed by atoms with Gasteiger partial charge in [0, 0.05) is 17.1 Å². The molecule has 0 aliphatic heterocycles. The zero-order valence-corrected chi connectivity index (χ0v) is 12.7. The fourth-order valence-corrected chi connectivity index (χ4v) is 2.31. The van der Waals surface area contributed by atoms with Crippen LogP contribution in [-0.4, -0.2) is 51.9 Å². The van der Waals surface area contributed by atoms with E-state index in [1.807, 2.05) is 0 Å². The van der Waals surface area contributed by atoms with Crippen LogP contribution < -0.4 is 5.32 Å². The van der Waals surface area contributed by atoms with Crippen LogP contribution in [-0.2, 0) is 9.53 Å². The summed E-state index contributed by atoms with van der Waals surface area (Å²) in [5.41, 5.74) is -0.101. The standard InChI is InChI=1S/C14H17NO6S/c1-3-4-22-7-9(14(20)21-2)15-13(19)8-5-10(16)12(18)11(17)6-8/h3,5-6,9,16-18H,1,4,7H2,2H3,(H,15,19). The van der Waals surface area contributed by atoms with Crippen molar-refractivity contribution in [1.82, 2.24) is 5.32 Å². The Labute approximate surface area is 131 Å². The highest BCUT2D eigenvalue weighted by Gasteiger charge is 2.23. The summed E-state index contributed by atoms with van der Waals surface area (Å²) < 4.78 is 4.61. The number of thioether (sulfide) groups is 1. The Bertz CT molecular complexity index is 551. The number of aromatic hydroxyl groups is 3. The van der Waals surface area contributed by atoms with Gasteiger partial charge in [-0.05, 0) is 12.1 Å². The number of rotatable bonds is 7. The minimum absolute atomic E-state index is 0.101. The van der Waals surface area contributed by atoms with Crippen molar-refractivity contribution in [3.05, 3.63) is 30.4 Å². The van der Waals surface area contributed by atoms with E-state index in [1.54, 1.807) is 6.08 Å². The van der Waals surface area contributed by atoms with Crippen LogP contribution in [0.3, 0.4) is 0 Å². The third-order valence-corrected chi connectivity index (χ3v) is 3.68. The van der Waals surface area contributed by atoms with Crippen LogP contribution in [0.4, 0.5) is 0 Å². The normalized spacial score (nSPS) is 11.5. The SMILES string of the molecule is C=CCSCC(NC(=O)c1cc(O)c(O)c(O)c1)C(=O)OC. The van der Waals surface area contributed by atoms with Crippen molar-refractivity contribution in [2.24, 2.45) is 0 Å². The van der Waals surface area contributed by atoms with Crippen molar-refractivity contribution >= 4 is 23.6 Å². The van der Waals surface area contributed by atoms with Crippen LogP contribution in [0.15, 0.2) is 24.8 Å². The molecule has 1 amide bonds. The summed E-state index contributed by atoms with van der Waals surface area (Å²) in [6.45, 7) is 3.56. The number of esters is 1. The minimum Gasteiger partial charge on any atom is -0.504 e. The first-order valence-corrected chi connectivity index (χ1v) is 7.38. The summed E-state index contributed by atoms with van der Waals surface area (Å²) >= 11 is 1.38. The summed E-state index contributed by atoms with van der Waals surface area (Å²) in [6, 6.07) is 1.08. The van der Waals surface area contributed by atoms with Gasteiger partial charge in [-0.2, -0.15) is 11.8 Å². The van der Waals surface area contributed by atoms with Gasteiger partial charge in [-0.25, -0.2) is 4.79 Å². The number of hydrogen-bond donors (Lipinski definition) is 4. The Morgan fingerprint density at radius 1 is 1.36 bits per heavy atom. The van der Waals surface area contributed by atoms with Gasteiger partial charge in [0.15, 0.2) is 17.2 Å². The second-order valence-corrected chi connectivity index (χ2v) is 5.31. The van der Waals surface area contributed by atoms with Gasteiger partial charge in [-0.3, -0.25) is 4.79 Å². The molecule has 4 N–H and O–H groups in total. The smallest absolute Gasteiger partial charge is 0.329 e. The van der Waals surface area contributed by atoms with E-state index in [4.69, 9.17) is 0 Å². The molecule has 1 aromatic rings. The third kappa shape index (κ3) is 4.59. The lowest BCUT2D eigenvalue weighted by Crippen LogP contribution is -2.43. The molecule has 0 spiro atoms. The van der Waals surface area contributed by atoms with Crippen molar-refractivity contribution in [2.45, 2.75) is 6.04 Å². The highest BCUT2D eigenvalue weighted by atomic mass is 32.2. The first kappa shape index (κ1) is 17.7. The molecule has 0 aliphatic rings. The van der Waals surface area contributed by atoms with Gasteiger partial charge in [-0.1, -0.05) is 6.08 Å². The maximum Gasteiger partial charge on any atom is 0.329 e. The molecule has 0 radical (unpaired) electrons. The summed E-state index contributed by atoms with van der Waals surface area (Å²) in [4.78, 5) is 23.7. The van der Waals surface area contributed by atoms with Crippen LogP contribution in [0.1, 0.15) is 10.4 Å². The highest BCUT2D eigenvalue weighted by Crippen LogP contribution is 2.35. The number of carbonyl (C=O) groups is 2. The average molecular weight is 327 g/mol. The predicted molar refractivity (Wildman–Crippen MR) is 82.2 cm³/mol.